The predicted octanol–water partition coefficient (Wildman–Crippen LogP) is 3.44. The average Bonchev–Trinajstić information content (AvgIpc) is 3.07. The minimum atomic E-state index is -0.930. The first-order valence-corrected chi connectivity index (χ1v) is 10.6. The Balaban J connectivity index is 1.63. The van der Waals surface area contributed by atoms with Crippen molar-refractivity contribution >= 4 is 22.8 Å². The minimum absolute atomic E-state index is 0.370. The zero-order chi connectivity index (χ0) is 18.8. The third kappa shape index (κ3) is 3.96. The quantitative estimate of drug-likeness (QED) is 0.681. The summed E-state index contributed by atoms with van der Waals surface area (Å²) in [6.45, 7) is 0.878. The maximum atomic E-state index is 14.5. The van der Waals surface area contributed by atoms with Gasteiger partial charge in [0.15, 0.2) is 0 Å². The van der Waals surface area contributed by atoms with E-state index in [1.807, 2.05) is 16.8 Å². The third-order valence-electron chi connectivity index (χ3n) is 4.58. The van der Waals surface area contributed by atoms with Gasteiger partial charge in [0.2, 0.25) is 0 Å². The van der Waals surface area contributed by atoms with Crippen LogP contribution in [0.5, 0.6) is 0 Å². The number of aromatic nitrogens is 4. The minimum Gasteiger partial charge on any atom is -0.616 e. The second kappa shape index (κ2) is 7.66. The molecule has 0 saturated heterocycles. The number of nitrogens with one attached hydrogen (secondary N) is 1. The molecule has 0 fully saturated rings. The number of fused-ring (bicyclic) bond motifs is 1. The van der Waals surface area contributed by atoms with E-state index in [0.717, 1.165) is 42.6 Å². The smallest absolute Gasteiger partial charge is 0.149 e. The van der Waals surface area contributed by atoms with E-state index < -0.39 is 11.2 Å². The summed E-state index contributed by atoms with van der Waals surface area (Å²) < 4.78 is 27.9. The van der Waals surface area contributed by atoms with E-state index in [0.29, 0.717) is 23.0 Å². The molecule has 0 bridgehead atoms. The van der Waals surface area contributed by atoms with Gasteiger partial charge in [0, 0.05) is 35.1 Å². The molecule has 1 N–H and O–H groups in total. The van der Waals surface area contributed by atoms with Gasteiger partial charge >= 0.3 is 0 Å². The van der Waals surface area contributed by atoms with Crippen LogP contribution < -0.4 is 5.32 Å². The van der Waals surface area contributed by atoms with Crippen LogP contribution in [0.15, 0.2) is 36.8 Å². The van der Waals surface area contributed by atoms with Crippen LogP contribution in [0.2, 0.25) is 0 Å². The van der Waals surface area contributed by atoms with Gasteiger partial charge in [0.05, 0.1) is 18.6 Å². The van der Waals surface area contributed by atoms with Crippen molar-refractivity contribution in [3.05, 3.63) is 53.9 Å². The van der Waals surface area contributed by atoms with Gasteiger partial charge in [-0.05, 0) is 37.5 Å². The Bertz CT molecular complexity index is 959. The first-order valence-electron chi connectivity index (χ1n) is 8.83. The fourth-order valence-corrected chi connectivity index (χ4v) is 4.01. The highest BCUT2D eigenvalue weighted by molar-refractivity contribution is 7.89. The fraction of sp³-hybridized carbons (Fsp3) is 0.316. The van der Waals surface area contributed by atoms with Crippen molar-refractivity contribution in [2.45, 2.75) is 31.6 Å². The second-order valence-electron chi connectivity index (χ2n) is 6.63. The molecule has 0 aliphatic carbocycles. The van der Waals surface area contributed by atoms with Crippen molar-refractivity contribution in [1.29, 1.82) is 0 Å². The lowest BCUT2D eigenvalue weighted by atomic mass is 10.0. The maximum Gasteiger partial charge on any atom is 0.149 e. The molecular weight excluding hydrogens is 365 g/mol. The van der Waals surface area contributed by atoms with Crippen LogP contribution >= 0.6 is 0 Å². The van der Waals surface area contributed by atoms with Crippen molar-refractivity contribution in [3.8, 4) is 11.1 Å². The van der Waals surface area contributed by atoms with E-state index in [9.17, 15) is 8.94 Å². The van der Waals surface area contributed by atoms with Crippen molar-refractivity contribution in [3.63, 3.8) is 0 Å². The third-order valence-corrected chi connectivity index (χ3v) is 5.32. The zero-order valence-corrected chi connectivity index (χ0v) is 15.8. The molecule has 0 aromatic carbocycles. The Morgan fingerprint density at radius 2 is 2.04 bits per heavy atom. The van der Waals surface area contributed by atoms with Gasteiger partial charge in [-0.1, -0.05) is 11.2 Å². The summed E-state index contributed by atoms with van der Waals surface area (Å²) in [5.41, 5.74) is 3.30. The summed E-state index contributed by atoms with van der Waals surface area (Å²) in [7, 11) is 0. The van der Waals surface area contributed by atoms with Gasteiger partial charge in [-0.3, -0.25) is 4.68 Å². The molecule has 0 radical (unpaired) electrons. The van der Waals surface area contributed by atoms with Gasteiger partial charge in [-0.25, -0.2) is 14.4 Å². The SMILES string of the molecule is C[S+]([O-])Cc1ccnc(Nc2cc(-c3cnn4c3CCCC4)c(F)cn2)c1. The standard InChI is InChI=1S/C19H20FN5OS/c1-27(26)12-13-5-6-21-18(8-13)24-19-9-14(16(20)11-22-19)15-10-23-25-7-3-2-4-17(15)25/h5-6,8-11H,2-4,7,12H2,1H3,(H,21,22,24). The van der Waals surface area contributed by atoms with Crippen molar-refractivity contribution in [1.82, 2.24) is 19.7 Å². The molecule has 1 unspecified atom stereocenters. The number of hydrogen-bond donors (Lipinski definition) is 1. The van der Waals surface area contributed by atoms with Gasteiger partial charge in [-0.2, -0.15) is 5.10 Å². The van der Waals surface area contributed by atoms with Gasteiger partial charge in [-0.15, -0.1) is 0 Å². The van der Waals surface area contributed by atoms with Crippen LogP contribution in [0, 0.1) is 5.82 Å². The van der Waals surface area contributed by atoms with Crippen LogP contribution in [0.25, 0.3) is 11.1 Å². The normalized spacial score (nSPS) is 14.6. The van der Waals surface area contributed by atoms with E-state index in [-0.39, 0.29) is 5.82 Å². The largest absolute Gasteiger partial charge is 0.616 e. The molecule has 8 heteroatoms. The number of anilines is 2. The molecule has 27 heavy (non-hydrogen) atoms. The molecule has 1 aliphatic rings. The summed E-state index contributed by atoms with van der Waals surface area (Å²) in [5, 5.41) is 7.51. The van der Waals surface area contributed by atoms with Crippen molar-refractivity contribution < 1.29 is 8.94 Å². The molecule has 0 saturated carbocycles. The highest BCUT2D eigenvalue weighted by Gasteiger charge is 2.19. The predicted molar refractivity (Wildman–Crippen MR) is 104 cm³/mol. The Kier molecular flexibility index (Phi) is 5.09. The van der Waals surface area contributed by atoms with E-state index in [2.05, 4.69) is 20.4 Å². The number of pyridine rings is 2. The van der Waals surface area contributed by atoms with Crippen LogP contribution in [0.3, 0.4) is 0 Å². The lowest BCUT2D eigenvalue weighted by Gasteiger charge is -2.15. The molecule has 0 spiro atoms. The van der Waals surface area contributed by atoms with Gasteiger partial charge in [0.25, 0.3) is 0 Å². The molecule has 140 valence electrons. The monoisotopic (exact) mass is 385 g/mol. The van der Waals surface area contributed by atoms with Crippen molar-refractivity contribution in [2.75, 3.05) is 11.6 Å². The Labute approximate surface area is 160 Å². The lowest BCUT2D eigenvalue weighted by molar-refractivity contribution is 0.486. The summed E-state index contributed by atoms with van der Waals surface area (Å²) in [6.07, 6.45) is 9.36. The van der Waals surface area contributed by atoms with E-state index in [1.165, 1.54) is 6.20 Å². The number of hydrogen-bond acceptors (Lipinski definition) is 5. The molecular formula is C19H20FN5OS. The molecule has 1 atom stereocenters. The molecule has 3 aromatic rings. The summed E-state index contributed by atoms with van der Waals surface area (Å²) in [4.78, 5) is 8.40. The van der Waals surface area contributed by atoms with E-state index in [1.54, 1.807) is 24.7 Å². The molecule has 4 heterocycles. The number of aryl methyl sites for hydroxylation is 1. The van der Waals surface area contributed by atoms with Gasteiger partial charge < -0.3 is 9.87 Å². The highest BCUT2D eigenvalue weighted by atomic mass is 32.2. The Hall–Kier alpha value is -2.45. The van der Waals surface area contributed by atoms with E-state index >= 15 is 0 Å². The summed E-state index contributed by atoms with van der Waals surface area (Å²) in [5.74, 6) is 1.18. The fourth-order valence-electron chi connectivity index (χ4n) is 3.36. The topological polar surface area (TPSA) is 78.7 Å². The van der Waals surface area contributed by atoms with Crippen molar-refractivity contribution in [2.24, 2.45) is 0 Å². The van der Waals surface area contributed by atoms with Crippen LogP contribution in [-0.4, -0.2) is 30.6 Å². The number of nitrogens with zero attached hydrogens (tertiary/aromatic N) is 4. The summed E-state index contributed by atoms with van der Waals surface area (Å²) >= 11 is -0.930. The second-order valence-corrected chi connectivity index (χ2v) is 8.06. The van der Waals surface area contributed by atoms with Crippen LogP contribution in [-0.2, 0) is 29.9 Å². The first-order chi connectivity index (χ1) is 13.1. The maximum absolute atomic E-state index is 14.5. The lowest BCUT2D eigenvalue weighted by Crippen LogP contribution is -2.11. The van der Waals surface area contributed by atoms with Crippen LogP contribution in [0.4, 0.5) is 16.0 Å². The highest BCUT2D eigenvalue weighted by Crippen LogP contribution is 2.31. The summed E-state index contributed by atoms with van der Waals surface area (Å²) in [6, 6.07) is 5.34. The molecule has 4 rings (SSSR count). The average molecular weight is 385 g/mol. The Morgan fingerprint density at radius 1 is 1.19 bits per heavy atom. The molecule has 6 nitrogen and oxygen atoms in total. The molecule has 1 aliphatic heterocycles. The first kappa shape index (κ1) is 17.9. The number of rotatable bonds is 5. The van der Waals surface area contributed by atoms with E-state index in [4.69, 9.17) is 0 Å². The van der Waals surface area contributed by atoms with Gasteiger partial charge in [0.1, 0.15) is 23.2 Å². The molecule has 3 aromatic heterocycles. The zero-order valence-electron chi connectivity index (χ0n) is 15.0. The Morgan fingerprint density at radius 3 is 2.89 bits per heavy atom. The molecule has 0 amide bonds. The van der Waals surface area contributed by atoms with Crippen LogP contribution in [0.1, 0.15) is 24.1 Å². The number of halogens is 1.